The first-order valence-electron chi connectivity index (χ1n) is 6.88. The van der Waals surface area contributed by atoms with Crippen LogP contribution in [-0.2, 0) is 11.2 Å². The van der Waals surface area contributed by atoms with Gasteiger partial charge in [-0.3, -0.25) is 9.69 Å². The van der Waals surface area contributed by atoms with Crippen LogP contribution in [0.1, 0.15) is 23.6 Å². The summed E-state index contributed by atoms with van der Waals surface area (Å²) < 4.78 is 0. The van der Waals surface area contributed by atoms with Crippen LogP contribution in [0.5, 0.6) is 0 Å². The van der Waals surface area contributed by atoms with Crippen molar-refractivity contribution >= 4 is 17.7 Å². The molecule has 4 heteroatoms. The molecule has 3 nitrogen and oxygen atoms in total. The van der Waals surface area contributed by atoms with Gasteiger partial charge >= 0.3 is 5.97 Å². The molecule has 0 aromatic heterocycles. The van der Waals surface area contributed by atoms with E-state index in [1.807, 2.05) is 30.0 Å². The first-order chi connectivity index (χ1) is 9.25. The van der Waals surface area contributed by atoms with Gasteiger partial charge in [0.05, 0.1) is 0 Å². The van der Waals surface area contributed by atoms with Crippen molar-refractivity contribution in [3.8, 4) is 0 Å². The quantitative estimate of drug-likeness (QED) is 0.921. The summed E-state index contributed by atoms with van der Waals surface area (Å²) in [6, 6.07) is 7.54. The number of hydrogen-bond donors (Lipinski definition) is 1. The number of hydrogen-bond acceptors (Lipinski definition) is 3. The molecule has 0 saturated carbocycles. The smallest absolute Gasteiger partial charge is 0.325 e. The van der Waals surface area contributed by atoms with Gasteiger partial charge in [-0.2, -0.15) is 11.8 Å². The van der Waals surface area contributed by atoms with E-state index in [0.29, 0.717) is 5.92 Å². The second kappa shape index (κ2) is 5.55. The molecule has 0 bridgehead atoms. The molecule has 2 aliphatic heterocycles. The van der Waals surface area contributed by atoms with Gasteiger partial charge in [0, 0.05) is 13.1 Å². The topological polar surface area (TPSA) is 40.5 Å². The Hall–Kier alpha value is -1.00. The van der Waals surface area contributed by atoms with Crippen molar-refractivity contribution in [1.82, 2.24) is 4.90 Å². The summed E-state index contributed by atoms with van der Waals surface area (Å²) in [6.45, 7) is 1.80. The lowest BCUT2D eigenvalue weighted by molar-refractivity contribution is -0.144. The number of benzene rings is 1. The van der Waals surface area contributed by atoms with Gasteiger partial charge < -0.3 is 5.11 Å². The van der Waals surface area contributed by atoms with Gasteiger partial charge in [-0.15, -0.1) is 0 Å². The monoisotopic (exact) mass is 277 g/mol. The van der Waals surface area contributed by atoms with E-state index in [4.69, 9.17) is 0 Å². The molecule has 2 heterocycles. The first kappa shape index (κ1) is 13.0. The maximum Gasteiger partial charge on any atom is 0.325 e. The molecule has 19 heavy (non-hydrogen) atoms. The summed E-state index contributed by atoms with van der Waals surface area (Å²) in [4.78, 5) is 13.8. The van der Waals surface area contributed by atoms with E-state index in [0.717, 1.165) is 25.1 Å². The molecule has 2 aliphatic rings. The third-order valence-corrected chi connectivity index (χ3v) is 5.37. The van der Waals surface area contributed by atoms with Crippen LogP contribution in [0.15, 0.2) is 24.3 Å². The Kier molecular flexibility index (Phi) is 3.80. The van der Waals surface area contributed by atoms with Crippen molar-refractivity contribution in [2.45, 2.75) is 18.9 Å². The standard InChI is InChI=1S/C15H19NO2S/c17-15(18)14-13-4-2-1-3-12(13)5-7-16(14)9-11-6-8-19-10-11/h1-4,11,14H,5-10H2,(H,17,18). The van der Waals surface area contributed by atoms with E-state index in [9.17, 15) is 9.90 Å². The number of aliphatic carboxylic acids is 1. The largest absolute Gasteiger partial charge is 0.480 e. The second-order valence-corrected chi connectivity index (χ2v) is 6.56. The van der Waals surface area contributed by atoms with Crippen molar-refractivity contribution in [1.29, 1.82) is 0 Å². The average molecular weight is 277 g/mol. The van der Waals surface area contributed by atoms with Crippen LogP contribution in [0.2, 0.25) is 0 Å². The van der Waals surface area contributed by atoms with Crippen molar-refractivity contribution in [2.75, 3.05) is 24.6 Å². The average Bonchev–Trinajstić information content (AvgIpc) is 2.91. The van der Waals surface area contributed by atoms with Crippen molar-refractivity contribution in [2.24, 2.45) is 5.92 Å². The second-order valence-electron chi connectivity index (χ2n) is 5.41. The molecule has 1 aromatic carbocycles. The van der Waals surface area contributed by atoms with E-state index >= 15 is 0 Å². The molecule has 1 aromatic rings. The Labute approximate surface area is 118 Å². The summed E-state index contributed by atoms with van der Waals surface area (Å²) in [5.74, 6) is 2.37. The summed E-state index contributed by atoms with van der Waals surface area (Å²) in [5.41, 5.74) is 2.19. The summed E-state index contributed by atoms with van der Waals surface area (Å²) >= 11 is 1.99. The Morgan fingerprint density at radius 1 is 1.42 bits per heavy atom. The predicted molar refractivity (Wildman–Crippen MR) is 77.5 cm³/mol. The minimum atomic E-state index is -0.710. The van der Waals surface area contributed by atoms with Crippen LogP contribution >= 0.6 is 11.8 Å². The highest BCUT2D eigenvalue weighted by molar-refractivity contribution is 7.99. The number of carboxylic acids is 1. The molecule has 0 aliphatic carbocycles. The zero-order valence-corrected chi connectivity index (χ0v) is 11.7. The van der Waals surface area contributed by atoms with E-state index in [1.165, 1.54) is 23.5 Å². The Morgan fingerprint density at radius 2 is 2.26 bits per heavy atom. The van der Waals surface area contributed by atoms with Crippen LogP contribution < -0.4 is 0 Å². The maximum atomic E-state index is 11.7. The highest BCUT2D eigenvalue weighted by Crippen LogP contribution is 2.33. The van der Waals surface area contributed by atoms with Crippen LogP contribution in [-0.4, -0.2) is 40.6 Å². The number of carbonyl (C=O) groups is 1. The molecule has 0 radical (unpaired) electrons. The lowest BCUT2D eigenvalue weighted by Crippen LogP contribution is -2.42. The van der Waals surface area contributed by atoms with Gasteiger partial charge in [-0.1, -0.05) is 24.3 Å². The number of rotatable bonds is 3. The Balaban J connectivity index is 1.83. The van der Waals surface area contributed by atoms with Crippen molar-refractivity contribution in [3.05, 3.63) is 35.4 Å². The van der Waals surface area contributed by atoms with Gasteiger partial charge in [-0.25, -0.2) is 0 Å². The fraction of sp³-hybridized carbons (Fsp3) is 0.533. The van der Waals surface area contributed by atoms with Crippen LogP contribution in [0, 0.1) is 5.92 Å². The van der Waals surface area contributed by atoms with Gasteiger partial charge in [0.1, 0.15) is 6.04 Å². The molecule has 2 unspecified atom stereocenters. The van der Waals surface area contributed by atoms with Gasteiger partial charge in [0.25, 0.3) is 0 Å². The van der Waals surface area contributed by atoms with Gasteiger partial charge in [0.15, 0.2) is 0 Å². The predicted octanol–water partition coefficient (Wildman–Crippen LogP) is 2.42. The summed E-state index contributed by atoms with van der Waals surface area (Å²) in [7, 11) is 0. The Bertz CT molecular complexity index is 471. The van der Waals surface area contributed by atoms with E-state index in [1.54, 1.807) is 0 Å². The molecule has 2 atom stereocenters. The number of carboxylic acid groups (broad SMARTS) is 1. The fourth-order valence-corrected chi connectivity index (χ4v) is 4.44. The maximum absolute atomic E-state index is 11.7. The zero-order chi connectivity index (χ0) is 13.2. The molecule has 102 valence electrons. The highest BCUT2D eigenvalue weighted by atomic mass is 32.2. The number of thioether (sulfide) groups is 1. The third-order valence-electron chi connectivity index (χ3n) is 4.13. The number of fused-ring (bicyclic) bond motifs is 1. The summed E-state index contributed by atoms with van der Waals surface area (Å²) in [6.07, 6.45) is 2.20. The molecule has 1 saturated heterocycles. The van der Waals surface area contributed by atoms with Crippen LogP contribution in [0.3, 0.4) is 0 Å². The van der Waals surface area contributed by atoms with Crippen LogP contribution in [0.25, 0.3) is 0 Å². The summed E-state index contributed by atoms with van der Waals surface area (Å²) in [5, 5.41) is 9.58. The Morgan fingerprint density at radius 3 is 3.00 bits per heavy atom. The number of nitrogens with zero attached hydrogens (tertiary/aromatic N) is 1. The SMILES string of the molecule is O=C(O)C1c2ccccc2CCN1CC1CCSC1. The molecule has 0 spiro atoms. The minimum Gasteiger partial charge on any atom is -0.480 e. The first-order valence-corrected chi connectivity index (χ1v) is 8.03. The van der Waals surface area contributed by atoms with Crippen LogP contribution in [0.4, 0.5) is 0 Å². The lowest BCUT2D eigenvalue weighted by Gasteiger charge is -2.36. The van der Waals surface area contributed by atoms with E-state index in [-0.39, 0.29) is 0 Å². The highest BCUT2D eigenvalue weighted by Gasteiger charge is 2.34. The van der Waals surface area contributed by atoms with E-state index < -0.39 is 12.0 Å². The van der Waals surface area contributed by atoms with Crippen molar-refractivity contribution < 1.29 is 9.90 Å². The van der Waals surface area contributed by atoms with Gasteiger partial charge in [-0.05, 0) is 41.4 Å². The van der Waals surface area contributed by atoms with E-state index in [2.05, 4.69) is 11.0 Å². The van der Waals surface area contributed by atoms with Gasteiger partial charge in [0.2, 0.25) is 0 Å². The normalized spacial score (nSPS) is 27.2. The third kappa shape index (κ3) is 2.65. The lowest BCUT2D eigenvalue weighted by atomic mass is 9.91. The zero-order valence-electron chi connectivity index (χ0n) is 10.9. The molecule has 1 fully saturated rings. The molecule has 3 rings (SSSR count). The minimum absolute atomic E-state index is 0.449. The molecule has 1 N–H and O–H groups in total. The fourth-order valence-electron chi connectivity index (χ4n) is 3.16. The molecular weight excluding hydrogens is 258 g/mol. The molecule has 0 amide bonds. The molecular formula is C15H19NO2S. The van der Waals surface area contributed by atoms with Crippen molar-refractivity contribution in [3.63, 3.8) is 0 Å².